The van der Waals surface area contributed by atoms with Crippen molar-refractivity contribution < 1.29 is 27.9 Å². The summed E-state index contributed by atoms with van der Waals surface area (Å²) >= 11 is 0. The molecule has 1 aromatic heterocycles. The van der Waals surface area contributed by atoms with Crippen LogP contribution in [-0.4, -0.2) is 48.3 Å². The van der Waals surface area contributed by atoms with Crippen LogP contribution in [0.3, 0.4) is 0 Å². The SMILES string of the molecule is CCN1C(=O)N(c2c(F)cc(NCCNCCCC(=O)O)cc2F)c2cc(C#N)ccc2-c2cc(F)cnc21. The van der Waals surface area contributed by atoms with Gasteiger partial charge < -0.3 is 15.7 Å². The van der Waals surface area contributed by atoms with Gasteiger partial charge in [0.05, 0.1) is 23.5 Å². The molecule has 202 valence electrons. The van der Waals surface area contributed by atoms with E-state index in [0.29, 0.717) is 26.1 Å². The van der Waals surface area contributed by atoms with Crippen LogP contribution in [0.15, 0.2) is 42.6 Å². The lowest BCUT2D eigenvalue weighted by Crippen LogP contribution is -2.41. The molecule has 1 aliphatic rings. The van der Waals surface area contributed by atoms with Crippen molar-refractivity contribution in [1.82, 2.24) is 10.3 Å². The largest absolute Gasteiger partial charge is 0.481 e. The molecule has 0 saturated heterocycles. The number of urea groups is 1. The average molecular weight is 539 g/mol. The highest BCUT2D eigenvalue weighted by molar-refractivity contribution is 6.14. The minimum absolute atomic E-state index is 0.00715. The average Bonchev–Trinajstić information content (AvgIpc) is 2.99. The number of carbonyl (C=O) groups is 2. The lowest BCUT2D eigenvalue weighted by atomic mass is 10.0. The maximum absolute atomic E-state index is 15.5. The molecule has 2 heterocycles. The van der Waals surface area contributed by atoms with E-state index in [1.54, 1.807) is 6.92 Å². The third-order valence-electron chi connectivity index (χ3n) is 6.10. The van der Waals surface area contributed by atoms with E-state index in [0.717, 1.165) is 23.2 Å². The Hall–Kier alpha value is -4.63. The van der Waals surface area contributed by atoms with Crippen LogP contribution in [-0.2, 0) is 4.79 Å². The Labute approximate surface area is 222 Å². The Morgan fingerprint density at radius 3 is 2.49 bits per heavy atom. The van der Waals surface area contributed by atoms with Gasteiger partial charge in [-0.2, -0.15) is 5.26 Å². The van der Waals surface area contributed by atoms with Gasteiger partial charge in [0, 0.05) is 42.9 Å². The number of anilines is 4. The van der Waals surface area contributed by atoms with Crippen LogP contribution in [0.2, 0.25) is 0 Å². The third kappa shape index (κ3) is 5.78. The highest BCUT2D eigenvalue weighted by Crippen LogP contribution is 2.45. The Balaban J connectivity index is 1.69. The summed E-state index contributed by atoms with van der Waals surface area (Å²) in [5.41, 5.74) is 0.136. The first-order valence-corrected chi connectivity index (χ1v) is 12.2. The number of carbonyl (C=O) groups excluding carboxylic acids is 1. The van der Waals surface area contributed by atoms with Crippen molar-refractivity contribution >= 4 is 34.9 Å². The van der Waals surface area contributed by atoms with Crippen LogP contribution < -0.4 is 20.4 Å². The topological polar surface area (TPSA) is 122 Å². The molecule has 4 rings (SSSR count). The predicted molar refractivity (Wildman–Crippen MR) is 139 cm³/mol. The van der Waals surface area contributed by atoms with Crippen molar-refractivity contribution in [2.24, 2.45) is 0 Å². The van der Waals surface area contributed by atoms with E-state index < -0.39 is 35.1 Å². The summed E-state index contributed by atoms with van der Waals surface area (Å²) in [6.45, 7) is 2.93. The van der Waals surface area contributed by atoms with Gasteiger partial charge in [-0.1, -0.05) is 6.07 Å². The second-order valence-corrected chi connectivity index (χ2v) is 8.69. The summed E-state index contributed by atoms with van der Waals surface area (Å²) in [6.07, 6.45) is 1.45. The molecule has 3 N–H and O–H groups in total. The molecule has 0 aliphatic carbocycles. The number of carboxylic acid groups (broad SMARTS) is 1. The molecule has 0 bridgehead atoms. The maximum atomic E-state index is 15.5. The number of fused-ring (bicyclic) bond motifs is 3. The zero-order chi connectivity index (χ0) is 28.1. The molecule has 0 fully saturated rings. The summed E-state index contributed by atoms with van der Waals surface area (Å²) in [4.78, 5) is 30.4. The second-order valence-electron chi connectivity index (χ2n) is 8.69. The first-order valence-electron chi connectivity index (χ1n) is 12.2. The number of amides is 2. The lowest BCUT2D eigenvalue weighted by Gasteiger charge is -2.28. The molecule has 39 heavy (non-hydrogen) atoms. The van der Waals surface area contributed by atoms with Crippen LogP contribution in [0.1, 0.15) is 25.3 Å². The minimum Gasteiger partial charge on any atom is -0.481 e. The van der Waals surface area contributed by atoms with Gasteiger partial charge in [0.1, 0.15) is 17.3 Å². The van der Waals surface area contributed by atoms with Crippen LogP contribution in [0.25, 0.3) is 11.1 Å². The van der Waals surface area contributed by atoms with Crippen LogP contribution in [0, 0.1) is 28.8 Å². The molecule has 0 radical (unpaired) electrons. The van der Waals surface area contributed by atoms with Crippen LogP contribution >= 0.6 is 0 Å². The number of carboxylic acids is 1. The fourth-order valence-electron chi connectivity index (χ4n) is 4.34. The smallest absolute Gasteiger partial charge is 0.334 e. The molecular weight excluding hydrogens is 513 g/mol. The number of halogens is 3. The fourth-order valence-corrected chi connectivity index (χ4v) is 4.34. The molecule has 2 aromatic carbocycles. The van der Waals surface area contributed by atoms with E-state index in [9.17, 15) is 19.2 Å². The van der Waals surface area contributed by atoms with Crippen molar-refractivity contribution in [3.8, 4) is 17.2 Å². The van der Waals surface area contributed by atoms with Gasteiger partial charge in [0.15, 0.2) is 11.6 Å². The Morgan fingerprint density at radius 2 is 1.82 bits per heavy atom. The van der Waals surface area contributed by atoms with Crippen LogP contribution in [0.4, 0.5) is 40.8 Å². The normalized spacial score (nSPS) is 12.4. The lowest BCUT2D eigenvalue weighted by molar-refractivity contribution is -0.137. The number of nitriles is 1. The first kappa shape index (κ1) is 27.4. The molecule has 0 saturated carbocycles. The summed E-state index contributed by atoms with van der Waals surface area (Å²) in [7, 11) is 0. The zero-order valence-electron chi connectivity index (χ0n) is 21.0. The number of aliphatic carboxylic acids is 1. The van der Waals surface area contributed by atoms with Gasteiger partial charge in [-0.3, -0.25) is 14.6 Å². The van der Waals surface area contributed by atoms with Gasteiger partial charge in [0.25, 0.3) is 0 Å². The number of nitrogens with zero attached hydrogens (tertiary/aromatic N) is 4. The number of pyridine rings is 1. The van der Waals surface area contributed by atoms with Gasteiger partial charge >= 0.3 is 12.0 Å². The Bertz CT molecular complexity index is 1440. The Kier molecular flexibility index (Phi) is 8.31. The van der Waals surface area contributed by atoms with E-state index in [1.807, 2.05) is 6.07 Å². The summed E-state index contributed by atoms with van der Waals surface area (Å²) in [6, 6.07) is 8.69. The van der Waals surface area contributed by atoms with Crippen molar-refractivity contribution in [2.45, 2.75) is 19.8 Å². The molecule has 9 nitrogen and oxygen atoms in total. The van der Waals surface area contributed by atoms with Crippen molar-refractivity contribution in [1.29, 1.82) is 5.26 Å². The molecule has 3 aromatic rings. The van der Waals surface area contributed by atoms with Crippen molar-refractivity contribution in [2.75, 3.05) is 41.3 Å². The first-order chi connectivity index (χ1) is 18.7. The van der Waals surface area contributed by atoms with Gasteiger partial charge in [-0.05, 0) is 50.2 Å². The number of aromatic nitrogens is 1. The third-order valence-corrected chi connectivity index (χ3v) is 6.10. The minimum atomic E-state index is -1.03. The van der Waals surface area contributed by atoms with Gasteiger partial charge in [-0.15, -0.1) is 0 Å². The second kappa shape index (κ2) is 11.8. The molecule has 2 amide bonds. The van der Waals surface area contributed by atoms with E-state index in [4.69, 9.17) is 5.11 Å². The summed E-state index contributed by atoms with van der Waals surface area (Å²) in [5, 5.41) is 24.0. The highest BCUT2D eigenvalue weighted by atomic mass is 19.1. The molecule has 0 atom stereocenters. The highest BCUT2D eigenvalue weighted by Gasteiger charge is 2.36. The molecule has 1 aliphatic heterocycles. The number of hydrogen-bond acceptors (Lipinski definition) is 6. The monoisotopic (exact) mass is 538 g/mol. The molecule has 0 unspecified atom stereocenters. The maximum Gasteiger partial charge on any atom is 0.334 e. The van der Waals surface area contributed by atoms with Gasteiger partial charge in [-0.25, -0.2) is 22.9 Å². The van der Waals surface area contributed by atoms with Crippen molar-refractivity contribution in [3.05, 3.63) is 65.6 Å². The summed E-state index contributed by atoms with van der Waals surface area (Å²) in [5.74, 6) is -3.49. The molecule has 12 heteroatoms. The number of nitrogens with one attached hydrogen (secondary N) is 2. The number of rotatable bonds is 10. The fraction of sp³-hybridized carbons (Fsp3) is 0.259. The van der Waals surface area contributed by atoms with Crippen LogP contribution in [0.5, 0.6) is 0 Å². The van der Waals surface area contributed by atoms with Gasteiger partial charge in [0.2, 0.25) is 0 Å². The van der Waals surface area contributed by atoms with E-state index >= 15 is 8.78 Å². The summed E-state index contributed by atoms with van der Waals surface area (Å²) < 4.78 is 45.3. The van der Waals surface area contributed by atoms with Crippen molar-refractivity contribution in [3.63, 3.8) is 0 Å². The van der Waals surface area contributed by atoms with E-state index in [-0.39, 0.29) is 46.8 Å². The zero-order valence-corrected chi connectivity index (χ0v) is 21.0. The van der Waals surface area contributed by atoms with E-state index in [1.165, 1.54) is 29.2 Å². The number of benzene rings is 2. The van der Waals surface area contributed by atoms with E-state index in [2.05, 4.69) is 15.6 Å². The standard InChI is InChI=1S/C27H25F3N6O3/c1-2-35-26-20(11-17(28)15-34-26)19-6-5-16(14-31)10-23(19)36(27(35)39)25-21(29)12-18(13-22(25)30)33-9-8-32-7-3-4-24(37)38/h5-6,10-13,15,32-33H,2-4,7-9H2,1H3,(H,37,38). The Morgan fingerprint density at radius 1 is 1.08 bits per heavy atom. The predicted octanol–water partition coefficient (Wildman–Crippen LogP) is 5.00. The molecule has 0 spiro atoms. The molecular formula is C27H25F3N6O3. The quantitative estimate of drug-likeness (QED) is 0.311. The number of hydrogen-bond donors (Lipinski definition) is 3.